The molecule has 4 aromatic carbocycles. The van der Waals surface area contributed by atoms with Crippen molar-refractivity contribution in [2.45, 2.75) is 56.6 Å². The molecular formula is C36H38O6S. The minimum absolute atomic E-state index is 0.291. The normalized spacial score (nSPS) is 21.7. The van der Waals surface area contributed by atoms with Crippen molar-refractivity contribution in [3.8, 4) is 0 Å². The molecule has 0 bridgehead atoms. The maximum absolute atomic E-state index is 13.4. The van der Waals surface area contributed by atoms with E-state index in [1.54, 1.807) is 23.9 Å². The molecule has 0 spiro atoms. The van der Waals surface area contributed by atoms with E-state index in [0.29, 0.717) is 32.0 Å². The summed E-state index contributed by atoms with van der Waals surface area (Å²) in [7, 11) is 0. The van der Waals surface area contributed by atoms with Crippen LogP contribution in [0.1, 0.15) is 34.0 Å². The lowest BCUT2D eigenvalue weighted by Gasteiger charge is -2.45. The molecular weight excluding hydrogens is 560 g/mol. The molecule has 1 saturated heterocycles. The molecule has 0 unspecified atom stereocenters. The van der Waals surface area contributed by atoms with Gasteiger partial charge in [-0.3, -0.25) is 0 Å². The van der Waals surface area contributed by atoms with Gasteiger partial charge in [-0.25, -0.2) is 4.79 Å². The summed E-state index contributed by atoms with van der Waals surface area (Å²) in [5, 5.41) is 0. The molecule has 0 amide bonds. The number of hydrogen-bond donors (Lipinski definition) is 0. The van der Waals surface area contributed by atoms with Crippen molar-refractivity contribution in [2.24, 2.45) is 0 Å². The van der Waals surface area contributed by atoms with Crippen LogP contribution in [0.2, 0.25) is 0 Å². The van der Waals surface area contributed by atoms with Crippen LogP contribution in [0, 0.1) is 0 Å². The van der Waals surface area contributed by atoms with Crippen LogP contribution < -0.4 is 0 Å². The highest BCUT2D eigenvalue weighted by molar-refractivity contribution is 7.99. The molecule has 6 nitrogen and oxygen atoms in total. The van der Waals surface area contributed by atoms with Crippen LogP contribution in [0.25, 0.3) is 0 Å². The van der Waals surface area contributed by atoms with Crippen LogP contribution in [0.4, 0.5) is 0 Å². The second kappa shape index (κ2) is 16.4. The molecule has 5 atom stereocenters. The average Bonchev–Trinajstić information content (AvgIpc) is 3.06. The van der Waals surface area contributed by atoms with Crippen LogP contribution in [0.3, 0.4) is 0 Å². The van der Waals surface area contributed by atoms with Gasteiger partial charge in [-0.15, -0.1) is 11.8 Å². The van der Waals surface area contributed by atoms with Gasteiger partial charge in [-0.1, -0.05) is 116 Å². The van der Waals surface area contributed by atoms with Gasteiger partial charge in [0, 0.05) is 0 Å². The zero-order valence-electron chi connectivity index (χ0n) is 24.3. The fourth-order valence-corrected chi connectivity index (χ4v) is 5.94. The largest absolute Gasteiger partial charge is 0.452 e. The number of benzene rings is 4. The predicted octanol–water partition coefficient (Wildman–Crippen LogP) is 7.08. The molecule has 1 fully saturated rings. The lowest BCUT2D eigenvalue weighted by Crippen LogP contribution is -2.60. The van der Waals surface area contributed by atoms with Crippen LogP contribution in [0.15, 0.2) is 121 Å². The molecule has 4 aromatic rings. The molecule has 224 valence electrons. The molecule has 1 aliphatic rings. The highest BCUT2D eigenvalue weighted by Crippen LogP contribution is 2.35. The average molecular weight is 599 g/mol. The summed E-state index contributed by atoms with van der Waals surface area (Å²) in [5.41, 5.74) is 3.11. The smallest absolute Gasteiger partial charge is 0.338 e. The van der Waals surface area contributed by atoms with Gasteiger partial charge in [0.25, 0.3) is 0 Å². The number of hydrogen-bond acceptors (Lipinski definition) is 7. The van der Waals surface area contributed by atoms with Gasteiger partial charge in [0.05, 0.1) is 32.0 Å². The molecule has 5 rings (SSSR count). The fraction of sp³-hybridized carbons (Fsp3) is 0.306. The molecule has 0 saturated carbocycles. The van der Waals surface area contributed by atoms with E-state index in [1.807, 2.05) is 109 Å². The summed E-state index contributed by atoms with van der Waals surface area (Å²) in [5.74, 6) is 0.340. The maximum Gasteiger partial charge on any atom is 0.338 e. The Morgan fingerprint density at radius 3 is 1.67 bits per heavy atom. The highest BCUT2D eigenvalue weighted by Gasteiger charge is 2.50. The van der Waals surface area contributed by atoms with E-state index in [4.69, 9.17) is 23.7 Å². The molecule has 0 aliphatic carbocycles. The lowest BCUT2D eigenvalue weighted by atomic mass is 9.98. The van der Waals surface area contributed by atoms with E-state index >= 15 is 0 Å². The van der Waals surface area contributed by atoms with Gasteiger partial charge >= 0.3 is 5.97 Å². The van der Waals surface area contributed by atoms with Crippen molar-refractivity contribution < 1.29 is 28.5 Å². The Kier molecular flexibility index (Phi) is 11.8. The van der Waals surface area contributed by atoms with E-state index in [0.717, 1.165) is 22.4 Å². The summed E-state index contributed by atoms with van der Waals surface area (Å²) in [6.45, 7) is 3.47. The van der Waals surface area contributed by atoms with E-state index in [2.05, 4.69) is 6.92 Å². The van der Waals surface area contributed by atoms with E-state index in [1.165, 1.54) is 0 Å². The molecule has 7 heteroatoms. The van der Waals surface area contributed by atoms with Gasteiger partial charge in [0.2, 0.25) is 0 Å². The summed E-state index contributed by atoms with van der Waals surface area (Å²) in [6.07, 6.45) is -2.35. The Morgan fingerprint density at radius 1 is 0.651 bits per heavy atom. The van der Waals surface area contributed by atoms with Crippen LogP contribution in [-0.2, 0) is 43.5 Å². The van der Waals surface area contributed by atoms with E-state index < -0.39 is 35.8 Å². The van der Waals surface area contributed by atoms with Gasteiger partial charge in [-0.05, 0) is 34.6 Å². The zero-order chi connectivity index (χ0) is 29.7. The third kappa shape index (κ3) is 9.02. The first-order valence-electron chi connectivity index (χ1n) is 14.7. The molecule has 0 N–H and O–H groups in total. The second-order valence-electron chi connectivity index (χ2n) is 10.3. The molecule has 1 aliphatic heterocycles. The quantitative estimate of drug-likeness (QED) is 0.144. The topological polar surface area (TPSA) is 63.2 Å². The van der Waals surface area contributed by atoms with Crippen molar-refractivity contribution in [3.05, 3.63) is 144 Å². The number of esters is 1. The number of thioether (sulfide) groups is 1. The number of carbonyl (C=O) groups excluding carboxylic acids is 1. The number of rotatable bonds is 14. The monoisotopic (exact) mass is 598 g/mol. The minimum atomic E-state index is -0.715. The number of ether oxygens (including phenoxy) is 5. The fourth-order valence-electron chi connectivity index (χ4n) is 4.99. The second-order valence-corrected chi connectivity index (χ2v) is 11.6. The van der Waals surface area contributed by atoms with Crippen LogP contribution in [0.5, 0.6) is 0 Å². The van der Waals surface area contributed by atoms with Gasteiger partial charge in [0.1, 0.15) is 23.7 Å². The van der Waals surface area contributed by atoms with Crippen molar-refractivity contribution in [1.82, 2.24) is 0 Å². The molecule has 0 radical (unpaired) electrons. The van der Waals surface area contributed by atoms with Gasteiger partial charge < -0.3 is 23.7 Å². The van der Waals surface area contributed by atoms with Crippen molar-refractivity contribution in [1.29, 1.82) is 0 Å². The Balaban J connectivity index is 1.43. The molecule has 43 heavy (non-hydrogen) atoms. The Bertz CT molecular complexity index is 1360. The van der Waals surface area contributed by atoms with Crippen molar-refractivity contribution in [2.75, 3.05) is 12.4 Å². The van der Waals surface area contributed by atoms with Crippen LogP contribution >= 0.6 is 11.8 Å². The van der Waals surface area contributed by atoms with E-state index in [-0.39, 0.29) is 0 Å². The Hall–Kier alpha value is -3.46. The third-order valence-corrected chi connectivity index (χ3v) is 8.18. The summed E-state index contributed by atoms with van der Waals surface area (Å²) in [4.78, 5) is 13.4. The number of carbonyl (C=O) groups is 1. The standard InChI is InChI=1S/C36H38O6S/c1-2-43-36-34(42-35(37)30-21-13-6-14-22-30)33(40-25-29-19-11-5-12-20-29)32(39-24-28-17-9-4-10-18-28)31(41-36)26-38-23-27-15-7-3-8-16-27/h3-22,31-34,36H,2,23-26H2,1H3/t31-,32-,33+,34+,36-/m1/s1. The Morgan fingerprint density at radius 2 is 1.14 bits per heavy atom. The summed E-state index contributed by atoms with van der Waals surface area (Å²) >= 11 is 1.58. The first kappa shape index (κ1) is 31.0. The van der Waals surface area contributed by atoms with E-state index in [9.17, 15) is 4.79 Å². The third-order valence-electron chi connectivity index (χ3n) is 7.14. The highest BCUT2D eigenvalue weighted by atomic mass is 32.2. The lowest BCUT2D eigenvalue weighted by molar-refractivity contribution is -0.242. The first-order valence-corrected chi connectivity index (χ1v) is 15.7. The zero-order valence-corrected chi connectivity index (χ0v) is 25.1. The molecule has 0 aromatic heterocycles. The predicted molar refractivity (Wildman–Crippen MR) is 169 cm³/mol. The van der Waals surface area contributed by atoms with Crippen molar-refractivity contribution >= 4 is 17.7 Å². The summed E-state index contributed by atoms with van der Waals surface area (Å²) < 4.78 is 32.3. The minimum Gasteiger partial charge on any atom is -0.452 e. The Labute approximate surface area is 258 Å². The maximum atomic E-state index is 13.4. The summed E-state index contributed by atoms with van der Waals surface area (Å²) in [6, 6.07) is 39.0. The van der Waals surface area contributed by atoms with Gasteiger partial charge in [-0.2, -0.15) is 0 Å². The first-order chi connectivity index (χ1) is 21.2. The van der Waals surface area contributed by atoms with Crippen LogP contribution in [-0.4, -0.2) is 48.2 Å². The molecule has 1 heterocycles. The van der Waals surface area contributed by atoms with Crippen molar-refractivity contribution in [3.63, 3.8) is 0 Å². The van der Waals surface area contributed by atoms with Gasteiger partial charge in [0.15, 0.2) is 6.10 Å². The SMILES string of the molecule is CCS[C@H]1O[C@H](COCc2ccccc2)[C@@H](OCc2ccccc2)[C@H](OCc2ccccc2)[C@@H]1OC(=O)c1ccccc1.